The number of amides is 2. The number of nitrogens with one attached hydrogen (secondary N) is 2. The molecule has 0 unspecified atom stereocenters. The van der Waals surface area contributed by atoms with E-state index in [0.29, 0.717) is 19.7 Å². The Kier molecular flexibility index (Phi) is 5.79. The Balaban J connectivity index is 1.77. The zero-order valence-corrected chi connectivity index (χ0v) is 12.2. The molecule has 0 saturated carbocycles. The van der Waals surface area contributed by atoms with Crippen molar-refractivity contribution in [1.82, 2.24) is 15.5 Å². The highest BCUT2D eigenvalue weighted by Crippen LogP contribution is 2.08. The third kappa shape index (κ3) is 4.45. The molecule has 2 fully saturated rings. The highest BCUT2D eigenvalue weighted by Gasteiger charge is 2.25. The van der Waals surface area contributed by atoms with E-state index >= 15 is 0 Å². The molecule has 2 aliphatic rings. The van der Waals surface area contributed by atoms with Crippen molar-refractivity contribution in [3.8, 4) is 0 Å². The van der Waals surface area contributed by atoms with Gasteiger partial charge < -0.3 is 15.4 Å². The van der Waals surface area contributed by atoms with E-state index in [1.807, 2.05) is 0 Å². The van der Waals surface area contributed by atoms with Gasteiger partial charge in [0.1, 0.15) is 6.04 Å². The summed E-state index contributed by atoms with van der Waals surface area (Å²) in [6.45, 7) is 5.40. The molecule has 114 valence electrons. The van der Waals surface area contributed by atoms with Gasteiger partial charge in [-0.2, -0.15) is 0 Å². The molecule has 0 spiro atoms. The van der Waals surface area contributed by atoms with Crippen LogP contribution in [0.2, 0.25) is 0 Å². The molecule has 0 aromatic rings. The maximum absolute atomic E-state index is 12.1. The van der Waals surface area contributed by atoms with Crippen LogP contribution in [-0.4, -0.2) is 61.6 Å². The number of carbonyl (C=O) groups is 2. The first kappa shape index (κ1) is 15.3. The summed E-state index contributed by atoms with van der Waals surface area (Å²) in [5.74, 6) is -0.118. The molecule has 2 heterocycles. The van der Waals surface area contributed by atoms with Crippen LogP contribution >= 0.6 is 0 Å². The molecule has 0 aliphatic carbocycles. The summed E-state index contributed by atoms with van der Waals surface area (Å²) in [7, 11) is 0. The summed E-state index contributed by atoms with van der Waals surface area (Å²) in [5.41, 5.74) is 0. The summed E-state index contributed by atoms with van der Waals surface area (Å²) in [6.07, 6.45) is 3.87. The summed E-state index contributed by atoms with van der Waals surface area (Å²) < 4.78 is 5.58. The Bertz CT molecular complexity index is 349. The summed E-state index contributed by atoms with van der Waals surface area (Å²) in [5, 5.41) is 5.69. The van der Waals surface area contributed by atoms with Crippen LogP contribution in [-0.2, 0) is 14.3 Å². The molecule has 2 aliphatic heterocycles. The number of hydrogen-bond acceptors (Lipinski definition) is 4. The lowest BCUT2D eigenvalue weighted by Crippen LogP contribution is -2.51. The number of morpholine rings is 1. The average molecular weight is 283 g/mol. The van der Waals surface area contributed by atoms with E-state index in [0.717, 1.165) is 38.8 Å². The fourth-order valence-electron chi connectivity index (χ4n) is 2.69. The van der Waals surface area contributed by atoms with Crippen molar-refractivity contribution in [1.29, 1.82) is 0 Å². The lowest BCUT2D eigenvalue weighted by atomic mass is 10.1. The fraction of sp³-hybridized carbons (Fsp3) is 0.857. The standard InChI is InChI=1S/C14H25N3O3/c1-2-11-9-17(7-8-20-11)10-13(18)16-12-5-3-4-6-15-14(12)19/h11-12H,2-10H2,1H3,(H,15,19)(H,16,18)/t11-,12-/m0/s1. The summed E-state index contributed by atoms with van der Waals surface area (Å²) in [4.78, 5) is 25.9. The number of rotatable bonds is 4. The quantitative estimate of drug-likeness (QED) is 0.755. The highest BCUT2D eigenvalue weighted by molar-refractivity contribution is 5.88. The number of ether oxygens (including phenoxy) is 1. The molecule has 20 heavy (non-hydrogen) atoms. The van der Waals surface area contributed by atoms with Gasteiger partial charge in [-0.1, -0.05) is 6.92 Å². The Morgan fingerprint density at radius 3 is 3.15 bits per heavy atom. The van der Waals surface area contributed by atoms with Gasteiger partial charge in [-0.3, -0.25) is 14.5 Å². The minimum atomic E-state index is -0.368. The van der Waals surface area contributed by atoms with Crippen LogP contribution in [0.25, 0.3) is 0 Å². The third-order valence-electron chi connectivity index (χ3n) is 3.92. The Labute approximate surface area is 120 Å². The van der Waals surface area contributed by atoms with E-state index in [4.69, 9.17) is 4.74 Å². The molecule has 0 aromatic carbocycles. The van der Waals surface area contributed by atoms with Gasteiger partial charge in [-0.15, -0.1) is 0 Å². The van der Waals surface area contributed by atoms with Crippen LogP contribution in [0.15, 0.2) is 0 Å². The van der Waals surface area contributed by atoms with E-state index < -0.39 is 0 Å². The van der Waals surface area contributed by atoms with Crippen molar-refractivity contribution in [3.63, 3.8) is 0 Å². The van der Waals surface area contributed by atoms with E-state index in [-0.39, 0.29) is 24.0 Å². The minimum absolute atomic E-state index is 0.0516. The molecule has 2 atom stereocenters. The lowest BCUT2D eigenvalue weighted by Gasteiger charge is -2.32. The van der Waals surface area contributed by atoms with Crippen molar-refractivity contribution in [2.45, 2.75) is 44.8 Å². The van der Waals surface area contributed by atoms with Gasteiger partial charge in [-0.25, -0.2) is 0 Å². The molecule has 2 N–H and O–H groups in total. The van der Waals surface area contributed by atoms with Crippen LogP contribution in [0.5, 0.6) is 0 Å². The van der Waals surface area contributed by atoms with Crippen LogP contribution in [0.1, 0.15) is 32.6 Å². The van der Waals surface area contributed by atoms with E-state index in [1.54, 1.807) is 0 Å². The van der Waals surface area contributed by atoms with Gasteiger partial charge in [-0.05, 0) is 25.7 Å². The van der Waals surface area contributed by atoms with E-state index in [2.05, 4.69) is 22.5 Å². The molecule has 2 saturated heterocycles. The van der Waals surface area contributed by atoms with Gasteiger partial charge in [0.05, 0.1) is 19.3 Å². The second kappa shape index (κ2) is 7.59. The third-order valence-corrected chi connectivity index (χ3v) is 3.92. The van der Waals surface area contributed by atoms with Crippen molar-refractivity contribution >= 4 is 11.8 Å². The lowest BCUT2D eigenvalue weighted by molar-refractivity contribution is -0.130. The summed E-state index contributed by atoms with van der Waals surface area (Å²) in [6, 6.07) is -0.368. The second-order valence-electron chi connectivity index (χ2n) is 5.54. The Morgan fingerprint density at radius 2 is 2.35 bits per heavy atom. The average Bonchev–Trinajstić information content (AvgIpc) is 2.64. The van der Waals surface area contributed by atoms with Crippen LogP contribution in [0.3, 0.4) is 0 Å². The van der Waals surface area contributed by atoms with Gasteiger partial charge in [0.15, 0.2) is 0 Å². The van der Waals surface area contributed by atoms with Crippen LogP contribution in [0, 0.1) is 0 Å². The highest BCUT2D eigenvalue weighted by atomic mass is 16.5. The first-order chi connectivity index (χ1) is 9.69. The molecule has 0 aromatic heterocycles. The van der Waals surface area contributed by atoms with E-state index in [9.17, 15) is 9.59 Å². The normalized spacial score (nSPS) is 28.6. The molecule has 6 nitrogen and oxygen atoms in total. The number of nitrogens with zero attached hydrogens (tertiary/aromatic N) is 1. The monoisotopic (exact) mass is 283 g/mol. The second-order valence-corrected chi connectivity index (χ2v) is 5.54. The Hall–Kier alpha value is -1.14. The zero-order valence-electron chi connectivity index (χ0n) is 12.2. The molecular formula is C14H25N3O3. The molecular weight excluding hydrogens is 258 g/mol. The van der Waals surface area contributed by atoms with E-state index in [1.165, 1.54) is 0 Å². The van der Waals surface area contributed by atoms with Gasteiger partial charge in [0.25, 0.3) is 0 Å². The predicted molar refractivity (Wildman–Crippen MR) is 75.3 cm³/mol. The largest absolute Gasteiger partial charge is 0.376 e. The number of hydrogen-bond donors (Lipinski definition) is 2. The maximum atomic E-state index is 12.1. The topological polar surface area (TPSA) is 70.7 Å². The molecule has 0 bridgehead atoms. The predicted octanol–water partition coefficient (Wildman–Crippen LogP) is -0.118. The maximum Gasteiger partial charge on any atom is 0.242 e. The SMILES string of the molecule is CC[C@H]1CN(CC(=O)N[C@H]2CCCCNC2=O)CCO1. The van der Waals surface area contributed by atoms with Crippen molar-refractivity contribution in [2.75, 3.05) is 32.8 Å². The minimum Gasteiger partial charge on any atom is -0.376 e. The van der Waals surface area contributed by atoms with Crippen molar-refractivity contribution in [3.05, 3.63) is 0 Å². The molecule has 6 heteroatoms. The first-order valence-corrected chi connectivity index (χ1v) is 7.60. The number of carbonyl (C=O) groups excluding carboxylic acids is 2. The van der Waals surface area contributed by atoms with Gasteiger partial charge >= 0.3 is 0 Å². The van der Waals surface area contributed by atoms with Crippen LogP contribution < -0.4 is 10.6 Å². The smallest absolute Gasteiger partial charge is 0.242 e. The molecule has 0 radical (unpaired) electrons. The molecule has 2 rings (SSSR count). The van der Waals surface area contributed by atoms with Crippen LogP contribution in [0.4, 0.5) is 0 Å². The fourth-order valence-corrected chi connectivity index (χ4v) is 2.69. The van der Waals surface area contributed by atoms with Gasteiger partial charge in [0.2, 0.25) is 11.8 Å². The van der Waals surface area contributed by atoms with Crippen molar-refractivity contribution in [2.24, 2.45) is 0 Å². The molecule has 2 amide bonds. The first-order valence-electron chi connectivity index (χ1n) is 7.60. The van der Waals surface area contributed by atoms with Gasteiger partial charge in [0, 0.05) is 19.6 Å². The zero-order chi connectivity index (χ0) is 14.4. The Morgan fingerprint density at radius 1 is 1.50 bits per heavy atom. The van der Waals surface area contributed by atoms with Crippen molar-refractivity contribution < 1.29 is 14.3 Å². The summed E-state index contributed by atoms with van der Waals surface area (Å²) >= 11 is 0.